The van der Waals surface area contributed by atoms with E-state index in [2.05, 4.69) is 42.5 Å². The molecule has 4 aromatic carbocycles. The van der Waals surface area contributed by atoms with E-state index in [1.807, 2.05) is 36.4 Å². The van der Waals surface area contributed by atoms with Crippen molar-refractivity contribution in [1.82, 2.24) is 0 Å². The van der Waals surface area contributed by atoms with Crippen LogP contribution >= 0.6 is 0 Å². The van der Waals surface area contributed by atoms with E-state index in [4.69, 9.17) is 0 Å². The van der Waals surface area contributed by atoms with Gasteiger partial charge >= 0.3 is 51.4 Å². The molecule has 0 atom stereocenters. The molecule has 0 aliphatic heterocycles. The minimum Gasteiger partial charge on any atom is -0.744 e. The van der Waals surface area contributed by atoms with E-state index in [9.17, 15) is 13.0 Å². The van der Waals surface area contributed by atoms with Gasteiger partial charge in [-0.15, -0.1) is 0 Å². The van der Waals surface area contributed by atoms with Crippen LogP contribution in [0, 0.1) is 0 Å². The predicted octanol–water partition coefficient (Wildman–Crippen LogP) is 2.60. The van der Waals surface area contributed by atoms with Crippen molar-refractivity contribution in [3.63, 3.8) is 0 Å². The Labute approximate surface area is 213 Å². The summed E-state index contributed by atoms with van der Waals surface area (Å²) in [6.45, 7) is 0. The predicted molar refractivity (Wildman–Crippen MR) is 111 cm³/mol. The molecule has 0 spiro atoms. The topological polar surface area (TPSA) is 57.2 Å². The van der Waals surface area contributed by atoms with Gasteiger partial charge in [-0.05, 0) is 63.7 Å². The van der Waals surface area contributed by atoms with E-state index in [1.165, 1.54) is 12.1 Å². The molecule has 3 nitrogen and oxygen atoms in total. The Bertz CT molecular complexity index is 1150. The van der Waals surface area contributed by atoms with E-state index in [0.29, 0.717) is 0 Å². The number of benzene rings is 4. The SMILES string of the molecule is O=S(=O)([O-])c1ccc(-c2cc(-c3ccccc3)cc(-c3ccccc3)c2)cc1.[K+]. The largest absolute Gasteiger partial charge is 1.00 e. The van der Waals surface area contributed by atoms with Crippen molar-refractivity contribution in [3.05, 3.63) is 103 Å². The smallest absolute Gasteiger partial charge is 0.744 e. The third kappa shape index (κ3) is 5.32. The Morgan fingerprint density at radius 2 is 0.828 bits per heavy atom. The van der Waals surface area contributed by atoms with Crippen LogP contribution in [0.3, 0.4) is 0 Å². The standard InChI is InChI=1S/C24H18O3S.K/c25-28(26,27)24-13-11-20(12-14-24)23-16-21(18-7-3-1-4-8-18)15-22(17-23)19-9-5-2-6-10-19;/h1-17H,(H,25,26,27);/q;+1/p-1. The first kappa shape index (κ1) is 22.1. The zero-order chi connectivity index (χ0) is 19.6. The van der Waals surface area contributed by atoms with Crippen LogP contribution in [-0.4, -0.2) is 13.0 Å². The third-order valence-electron chi connectivity index (χ3n) is 4.62. The molecule has 0 amide bonds. The molecule has 0 aromatic heterocycles. The van der Waals surface area contributed by atoms with Crippen molar-refractivity contribution in [1.29, 1.82) is 0 Å². The van der Waals surface area contributed by atoms with Gasteiger partial charge in [0.1, 0.15) is 10.1 Å². The van der Waals surface area contributed by atoms with Gasteiger partial charge in [0.2, 0.25) is 0 Å². The van der Waals surface area contributed by atoms with Gasteiger partial charge in [-0.25, -0.2) is 8.42 Å². The Morgan fingerprint density at radius 1 is 0.483 bits per heavy atom. The summed E-state index contributed by atoms with van der Waals surface area (Å²) in [4.78, 5) is -0.223. The Hall–Kier alpha value is -1.57. The molecule has 0 aliphatic carbocycles. The second-order valence-electron chi connectivity index (χ2n) is 6.51. The quantitative estimate of drug-likeness (QED) is 0.374. The maximum Gasteiger partial charge on any atom is 1.00 e. The minimum absolute atomic E-state index is 0. The first-order valence-electron chi connectivity index (χ1n) is 8.83. The summed E-state index contributed by atoms with van der Waals surface area (Å²) in [5, 5.41) is 0. The fourth-order valence-electron chi connectivity index (χ4n) is 3.20. The minimum atomic E-state index is -4.45. The van der Waals surface area contributed by atoms with Crippen LogP contribution < -0.4 is 51.4 Å². The number of hydrogen-bond acceptors (Lipinski definition) is 3. The molecule has 5 heteroatoms. The molecule has 0 saturated heterocycles. The van der Waals surface area contributed by atoms with Crippen LogP contribution in [0.4, 0.5) is 0 Å². The molecule has 0 N–H and O–H groups in total. The Kier molecular flexibility index (Phi) is 7.24. The van der Waals surface area contributed by atoms with Crippen LogP contribution in [0.25, 0.3) is 33.4 Å². The molecule has 29 heavy (non-hydrogen) atoms. The average Bonchev–Trinajstić information content (AvgIpc) is 2.74. The van der Waals surface area contributed by atoms with Crippen molar-refractivity contribution in [2.45, 2.75) is 4.90 Å². The van der Waals surface area contributed by atoms with Crippen LogP contribution in [0.2, 0.25) is 0 Å². The molecule has 0 bridgehead atoms. The molecule has 0 aliphatic rings. The van der Waals surface area contributed by atoms with Crippen molar-refractivity contribution in [3.8, 4) is 33.4 Å². The fourth-order valence-corrected chi connectivity index (χ4v) is 3.67. The second kappa shape index (κ2) is 9.49. The van der Waals surface area contributed by atoms with Crippen LogP contribution in [0.1, 0.15) is 0 Å². The van der Waals surface area contributed by atoms with E-state index >= 15 is 0 Å². The van der Waals surface area contributed by atoms with Crippen LogP contribution in [0.5, 0.6) is 0 Å². The molecule has 4 rings (SSSR count). The van der Waals surface area contributed by atoms with Crippen LogP contribution in [-0.2, 0) is 10.1 Å². The van der Waals surface area contributed by atoms with Gasteiger partial charge < -0.3 is 4.55 Å². The number of rotatable bonds is 4. The second-order valence-corrected chi connectivity index (χ2v) is 7.89. The van der Waals surface area contributed by atoms with Crippen molar-refractivity contribution >= 4 is 10.1 Å². The van der Waals surface area contributed by atoms with E-state index < -0.39 is 10.1 Å². The summed E-state index contributed by atoms with van der Waals surface area (Å²) in [7, 11) is -4.45. The normalized spacial score (nSPS) is 10.9. The van der Waals surface area contributed by atoms with Gasteiger partial charge in [-0.2, -0.15) is 0 Å². The Morgan fingerprint density at radius 3 is 1.17 bits per heavy atom. The fraction of sp³-hybridized carbons (Fsp3) is 0. The van der Waals surface area contributed by atoms with E-state index in [0.717, 1.165) is 33.4 Å². The third-order valence-corrected chi connectivity index (χ3v) is 5.47. The van der Waals surface area contributed by atoms with Gasteiger partial charge in [0.25, 0.3) is 0 Å². The van der Waals surface area contributed by atoms with E-state index in [1.54, 1.807) is 12.1 Å². The summed E-state index contributed by atoms with van der Waals surface area (Å²) < 4.78 is 33.6. The molecule has 0 heterocycles. The van der Waals surface area contributed by atoms with Gasteiger partial charge in [0, 0.05) is 0 Å². The summed E-state index contributed by atoms with van der Waals surface area (Å²) in [6.07, 6.45) is 0. The molecule has 138 valence electrons. The average molecular weight is 425 g/mol. The summed E-state index contributed by atoms with van der Waals surface area (Å²) in [5.74, 6) is 0. The van der Waals surface area contributed by atoms with Crippen molar-refractivity contribution in [2.24, 2.45) is 0 Å². The van der Waals surface area contributed by atoms with Crippen molar-refractivity contribution < 1.29 is 64.4 Å². The molecular weight excluding hydrogens is 407 g/mol. The zero-order valence-electron chi connectivity index (χ0n) is 15.9. The molecule has 0 saturated carbocycles. The molecule has 0 fully saturated rings. The summed E-state index contributed by atoms with van der Waals surface area (Å²) >= 11 is 0. The number of hydrogen-bond donors (Lipinski definition) is 0. The maximum atomic E-state index is 11.2. The summed E-state index contributed by atoms with van der Waals surface area (Å²) in [6, 6.07) is 32.5. The van der Waals surface area contributed by atoms with Gasteiger partial charge in [-0.3, -0.25) is 0 Å². The van der Waals surface area contributed by atoms with Crippen LogP contribution in [0.15, 0.2) is 108 Å². The van der Waals surface area contributed by atoms with Gasteiger partial charge in [0.15, 0.2) is 0 Å². The molecule has 0 unspecified atom stereocenters. The maximum absolute atomic E-state index is 11.2. The van der Waals surface area contributed by atoms with E-state index in [-0.39, 0.29) is 56.3 Å². The zero-order valence-corrected chi connectivity index (χ0v) is 19.9. The first-order valence-corrected chi connectivity index (χ1v) is 10.2. The molecular formula is C24H17KO3S. The molecule has 4 aromatic rings. The summed E-state index contributed by atoms with van der Waals surface area (Å²) in [5.41, 5.74) is 6.13. The monoisotopic (exact) mass is 424 g/mol. The molecule has 0 radical (unpaired) electrons. The van der Waals surface area contributed by atoms with Gasteiger partial charge in [-0.1, -0.05) is 72.8 Å². The Balaban J connectivity index is 0.00000240. The first-order chi connectivity index (χ1) is 13.5. The van der Waals surface area contributed by atoms with Gasteiger partial charge in [0.05, 0.1) is 4.90 Å². The van der Waals surface area contributed by atoms with Crippen molar-refractivity contribution in [2.75, 3.05) is 0 Å².